The van der Waals surface area contributed by atoms with Gasteiger partial charge in [0.05, 0.1) is 19.2 Å². The number of benzene rings is 2. The molecule has 0 spiro atoms. The van der Waals surface area contributed by atoms with E-state index in [0.717, 1.165) is 12.8 Å². The lowest BCUT2D eigenvalue weighted by molar-refractivity contribution is 0.0517. The Morgan fingerprint density at radius 3 is 2.35 bits per heavy atom. The Morgan fingerprint density at radius 2 is 1.61 bits per heavy atom. The second-order valence-corrected chi connectivity index (χ2v) is 7.24. The van der Waals surface area contributed by atoms with E-state index < -0.39 is 0 Å². The molecule has 1 atom stereocenters. The highest BCUT2D eigenvalue weighted by Crippen LogP contribution is 2.25. The van der Waals surface area contributed by atoms with Gasteiger partial charge in [0.2, 0.25) is 0 Å². The average Bonchev–Trinajstić information content (AvgIpc) is 2.84. The third-order valence-electron chi connectivity index (χ3n) is 5.21. The van der Waals surface area contributed by atoms with Crippen molar-refractivity contribution in [1.29, 1.82) is 0 Å². The first-order valence-corrected chi connectivity index (χ1v) is 10.2. The third kappa shape index (κ3) is 4.55. The molecule has 1 saturated heterocycles. The number of ether oxygens (including phenoxy) is 2. The smallest absolute Gasteiger partial charge is 0.278 e. The minimum Gasteiger partial charge on any atom is -0.477 e. The van der Waals surface area contributed by atoms with Gasteiger partial charge >= 0.3 is 0 Å². The molecule has 0 aliphatic carbocycles. The van der Waals surface area contributed by atoms with Crippen LogP contribution in [-0.4, -0.2) is 52.9 Å². The number of hydrogen-bond donors (Lipinski definition) is 0. The molecule has 1 fully saturated rings. The van der Waals surface area contributed by atoms with Crippen molar-refractivity contribution >= 4 is 11.7 Å². The van der Waals surface area contributed by atoms with E-state index in [2.05, 4.69) is 9.97 Å². The minimum absolute atomic E-state index is 0.168. The van der Waals surface area contributed by atoms with Crippen LogP contribution in [-0.2, 0) is 0 Å². The highest BCUT2D eigenvalue weighted by atomic mass is 16.5. The monoisotopic (exact) mass is 417 g/mol. The van der Waals surface area contributed by atoms with Crippen molar-refractivity contribution in [1.82, 2.24) is 14.9 Å². The predicted octanol–water partition coefficient (Wildman–Crippen LogP) is 3.40. The molecule has 3 aromatic rings. The van der Waals surface area contributed by atoms with Crippen LogP contribution in [0.1, 0.15) is 39.1 Å². The van der Waals surface area contributed by atoms with E-state index in [4.69, 9.17) is 9.47 Å². The Labute approximate surface area is 180 Å². The number of carbonyl (C=O) groups is 2. The van der Waals surface area contributed by atoms with E-state index in [-0.39, 0.29) is 17.8 Å². The number of piperidine rings is 1. The summed E-state index contributed by atoms with van der Waals surface area (Å²) in [5.74, 6) is 0.270. The van der Waals surface area contributed by atoms with Crippen molar-refractivity contribution in [2.45, 2.75) is 18.9 Å². The molecule has 1 aromatic heterocycles. The maximum atomic E-state index is 13.3. The first-order chi connectivity index (χ1) is 15.2. The SMILES string of the molecule is COc1nccnc1OC1CCCN(C(=O)c2ccccc2C(=O)c2ccccc2)C1. The summed E-state index contributed by atoms with van der Waals surface area (Å²) < 4.78 is 11.2. The van der Waals surface area contributed by atoms with Gasteiger partial charge in [0, 0.05) is 30.1 Å². The van der Waals surface area contributed by atoms with E-state index in [1.165, 1.54) is 19.5 Å². The van der Waals surface area contributed by atoms with Crippen LogP contribution < -0.4 is 9.47 Å². The molecule has 1 aliphatic heterocycles. The van der Waals surface area contributed by atoms with Crippen molar-refractivity contribution in [2.75, 3.05) is 20.2 Å². The van der Waals surface area contributed by atoms with Crippen molar-refractivity contribution in [3.05, 3.63) is 83.7 Å². The first-order valence-electron chi connectivity index (χ1n) is 10.2. The van der Waals surface area contributed by atoms with Crippen molar-refractivity contribution < 1.29 is 19.1 Å². The van der Waals surface area contributed by atoms with Crippen LogP contribution in [0.3, 0.4) is 0 Å². The Kier molecular flexibility index (Phi) is 6.21. The summed E-state index contributed by atoms with van der Waals surface area (Å²) in [6.45, 7) is 0.997. The molecule has 0 bridgehead atoms. The summed E-state index contributed by atoms with van der Waals surface area (Å²) in [5, 5.41) is 0. The molecule has 158 valence electrons. The van der Waals surface area contributed by atoms with Gasteiger partial charge in [0.1, 0.15) is 6.10 Å². The van der Waals surface area contributed by atoms with Gasteiger partial charge in [-0.25, -0.2) is 9.97 Å². The molecular formula is C24H23N3O4. The number of nitrogens with zero attached hydrogens (tertiary/aromatic N) is 3. The van der Waals surface area contributed by atoms with Crippen LogP contribution in [0, 0.1) is 0 Å². The number of hydrogen-bond acceptors (Lipinski definition) is 6. The first kappa shape index (κ1) is 20.5. The molecule has 4 rings (SSSR count). The standard InChI is InChI=1S/C24H23N3O4/c1-30-22-23(26-14-13-25-22)31-18-10-7-15-27(16-18)24(29)20-12-6-5-11-19(20)21(28)17-8-3-2-4-9-17/h2-6,8-9,11-14,18H,7,10,15-16H2,1H3. The van der Waals surface area contributed by atoms with Gasteiger partial charge in [-0.15, -0.1) is 0 Å². The third-order valence-corrected chi connectivity index (χ3v) is 5.21. The number of rotatable bonds is 6. The van der Waals surface area contributed by atoms with Gasteiger partial charge in [0.15, 0.2) is 5.78 Å². The summed E-state index contributed by atoms with van der Waals surface area (Å²) in [7, 11) is 1.51. The summed E-state index contributed by atoms with van der Waals surface area (Å²) >= 11 is 0. The number of likely N-dealkylation sites (tertiary alicyclic amines) is 1. The maximum absolute atomic E-state index is 13.3. The molecular weight excluding hydrogens is 394 g/mol. The van der Waals surface area contributed by atoms with Crippen LogP contribution in [0.4, 0.5) is 0 Å². The zero-order valence-electron chi connectivity index (χ0n) is 17.2. The Hall–Kier alpha value is -3.74. The lowest BCUT2D eigenvalue weighted by Gasteiger charge is -2.33. The molecule has 2 heterocycles. The molecule has 7 heteroatoms. The van der Waals surface area contributed by atoms with Gasteiger partial charge < -0.3 is 14.4 Å². The van der Waals surface area contributed by atoms with E-state index >= 15 is 0 Å². The van der Waals surface area contributed by atoms with Gasteiger partial charge in [-0.1, -0.05) is 48.5 Å². The van der Waals surface area contributed by atoms with E-state index in [0.29, 0.717) is 41.5 Å². The van der Waals surface area contributed by atoms with Gasteiger partial charge in [-0.05, 0) is 18.9 Å². The lowest BCUT2D eigenvalue weighted by Crippen LogP contribution is -2.44. The largest absolute Gasteiger partial charge is 0.477 e. The number of methoxy groups -OCH3 is 1. The molecule has 0 saturated carbocycles. The minimum atomic E-state index is -0.236. The summed E-state index contributed by atoms with van der Waals surface area (Å²) in [6.07, 6.45) is 4.40. The fourth-order valence-corrected chi connectivity index (χ4v) is 3.69. The molecule has 7 nitrogen and oxygen atoms in total. The van der Waals surface area contributed by atoms with Gasteiger partial charge in [-0.3, -0.25) is 9.59 Å². The van der Waals surface area contributed by atoms with Gasteiger partial charge in [-0.2, -0.15) is 0 Å². The highest BCUT2D eigenvalue weighted by Gasteiger charge is 2.29. The number of ketones is 1. The van der Waals surface area contributed by atoms with E-state index in [1.807, 2.05) is 18.2 Å². The Balaban J connectivity index is 1.53. The second-order valence-electron chi connectivity index (χ2n) is 7.24. The average molecular weight is 417 g/mol. The summed E-state index contributed by atoms with van der Waals surface area (Å²) in [6, 6.07) is 15.9. The summed E-state index contributed by atoms with van der Waals surface area (Å²) in [4.78, 5) is 36.4. The Bertz CT molecular complexity index is 1070. The predicted molar refractivity (Wildman–Crippen MR) is 114 cm³/mol. The molecule has 31 heavy (non-hydrogen) atoms. The van der Waals surface area contributed by atoms with Crippen molar-refractivity contribution in [2.24, 2.45) is 0 Å². The number of aromatic nitrogens is 2. The fourth-order valence-electron chi connectivity index (χ4n) is 3.69. The highest BCUT2D eigenvalue weighted by molar-refractivity contribution is 6.15. The van der Waals surface area contributed by atoms with Crippen molar-refractivity contribution in [3.63, 3.8) is 0 Å². The molecule has 2 aromatic carbocycles. The summed E-state index contributed by atoms with van der Waals surface area (Å²) in [5.41, 5.74) is 1.35. The van der Waals surface area contributed by atoms with Crippen LogP contribution in [0.15, 0.2) is 67.0 Å². The molecule has 1 aliphatic rings. The van der Waals surface area contributed by atoms with E-state index in [1.54, 1.807) is 41.3 Å². The zero-order chi connectivity index (χ0) is 21.6. The topological polar surface area (TPSA) is 81.6 Å². The normalized spacial score (nSPS) is 15.9. The van der Waals surface area contributed by atoms with Crippen LogP contribution in [0.5, 0.6) is 11.8 Å². The molecule has 0 N–H and O–H groups in total. The number of carbonyl (C=O) groups excluding carboxylic acids is 2. The fraction of sp³-hybridized carbons (Fsp3) is 0.250. The van der Waals surface area contributed by atoms with Crippen molar-refractivity contribution in [3.8, 4) is 11.8 Å². The van der Waals surface area contributed by atoms with Crippen LogP contribution in [0.25, 0.3) is 0 Å². The second kappa shape index (κ2) is 9.38. The Morgan fingerprint density at radius 1 is 0.935 bits per heavy atom. The maximum Gasteiger partial charge on any atom is 0.278 e. The molecule has 1 amide bonds. The lowest BCUT2D eigenvalue weighted by atomic mass is 9.97. The van der Waals surface area contributed by atoms with Crippen LogP contribution in [0.2, 0.25) is 0 Å². The quantitative estimate of drug-likeness (QED) is 0.572. The molecule has 0 radical (unpaired) electrons. The van der Waals surface area contributed by atoms with E-state index in [9.17, 15) is 9.59 Å². The molecule has 1 unspecified atom stereocenters. The van der Waals surface area contributed by atoms with Gasteiger partial charge in [0.25, 0.3) is 17.7 Å². The van der Waals surface area contributed by atoms with Crippen LogP contribution >= 0.6 is 0 Å². The zero-order valence-corrected chi connectivity index (χ0v) is 17.2. The number of amides is 1.